The maximum absolute atomic E-state index is 10.7. The number of allylic oxidation sites excluding steroid dienone is 6. The number of carbonyl (C=O) groups excluding carboxylic acids is 1. The molecule has 0 atom stereocenters. The van der Waals surface area contributed by atoms with E-state index in [1.54, 1.807) is 6.08 Å². The number of hydrogen-bond acceptors (Lipinski definition) is 1. The van der Waals surface area contributed by atoms with E-state index >= 15 is 0 Å². The number of aldehydes is 1. The van der Waals surface area contributed by atoms with Crippen molar-refractivity contribution in [2.24, 2.45) is 0 Å². The zero-order valence-corrected chi connectivity index (χ0v) is 9.68. The van der Waals surface area contributed by atoms with Gasteiger partial charge in [-0.3, -0.25) is 4.79 Å². The van der Waals surface area contributed by atoms with E-state index in [1.807, 2.05) is 62.4 Å². The van der Waals surface area contributed by atoms with Crippen LogP contribution in [0.5, 0.6) is 0 Å². The van der Waals surface area contributed by atoms with Gasteiger partial charge in [0.15, 0.2) is 0 Å². The van der Waals surface area contributed by atoms with E-state index < -0.39 is 0 Å². The SMILES string of the molecule is C\C=C/C(=C\C)C(=C/C=O)/c1ccccc1. The molecule has 0 heterocycles. The maximum Gasteiger partial charge on any atom is 0.143 e. The fourth-order valence-corrected chi connectivity index (χ4v) is 1.57. The summed E-state index contributed by atoms with van der Waals surface area (Å²) in [6, 6.07) is 9.91. The van der Waals surface area contributed by atoms with Crippen LogP contribution in [0.2, 0.25) is 0 Å². The number of rotatable bonds is 4. The molecule has 0 aliphatic rings. The fraction of sp³-hybridized carbons (Fsp3) is 0.133. The van der Waals surface area contributed by atoms with Crippen LogP contribution in [0, 0.1) is 0 Å². The molecule has 0 unspecified atom stereocenters. The molecule has 0 fully saturated rings. The zero-order chi connectivity index (χ0) is 11.8. The second kappa shape index (κ2) is 6.57. The minimum atomic E-state index is 0.829. The van der Waals surface area contributed by atoms with Crippen molar-refractivity contribution in [1.82, 2.24) is 0 Å². The third-order valence-electron chi connectivity index (χ3n) is 2.29. The molecule has 1 rings (SSSR count). The van der Waals surface area contributed by atoms with Crippen LogP contribution in [-0.4, -0.2) is 6.29 Å². The van der Waals surface area contributed by atoms with Crippen LogP contribution in [0.25, 0.3) is 5.57 Å². The Balaban J connectivity index is 3.20. The zero-order valence-electron chi connectivity index (χ0n) is 9.68. The van der Waals surface area contributed by atoms with Gasteiger partial charge in [0.25, 0.3) is 0 Å². The smallest absolute Gasteiger partial charge is 0.143 e. The minimum absolute atomic E-state index is 0.829. The van der Waals surface area contributed by atoms with Crippen LogP contribution in [-0.2, 0) is 4.79 Å². The Morgan fingerprint density at radius 2 is 1.81 bits per heavy atom. The average Bonchev–Trinajstić information content (AvgIpc) is 2.35. The van der Waals surface area contributed by atoms with Crippen molar-refractivity contribution >= 4 is 11.9 Å². The van der Waals surface area contributed by atoms with Crippen molar-refractivity contribution in [3.63, 3.8) is 0 Å². The first-order valence-corrected chi connectivity index (χ1v) is 5.33. The predicted molar refractivity (Wildman–Crippen MR) is 69.1 cm³/mol. The van der Waals surface area contributed by atoms with E-state index in [-0.39, 0.29) is 0 Å². The van der Waals surface area contributed by atoms with Gasteiger partial charge in [-0.05, 0) is 36.6 Å². The predicted octanol–water partition coefficient (Wildman–Crippen LogP) is 3.79. The molecule has 0 aromatic heterocycles. The van der Waals surface area contributed by atoms with Gasteiger partial charge in [0, 0.05) is 0 Å². The van der Waals surface area contributed by atoms with Crippen molar-refractivity contribution in [2.45, 2.75) is 13.8 Å². The largest absolute Gasteiger partial charge is 0.299 e. The Hall–Kier alpha value is -1.89. The summed E-state index contributed by atoms with van der Waals surface area (Å²) < 4.78 is 0. The second-order valence-corrected chi connectivity index (χ2v) is 3.33. The molecule has 0 amide bonds. The van der Waals surface area contributed by atoms with Crippen molar-refractivity contribution in [3.8, 4) is 0 Å². The van der Waals surface area contributed by atoms with Crippen LogP contribution in [0.15, 0.2) is 60.2 Å². The summed E-state index contributed by atoms with van der Waals surface area (Å²) in [7, 11) is 0. The van der Waals surface area contributed by atoms with Gasteiger partial charge in [-0.15, -0.1) is 0 Å². The Morgan fingerprint density at radius 1 is 1.12 bits per heavy atom. The molecule has 1 heteroatoms. The molecule has 0 aliphatic heterocycles. The minimum Gasteiger partial charge on any atom is -0.299 e. The lowest BCUT2D eigenvalue weighted by Crippen LogP contribution is -1.88. The van der Waals surface area contributed by atoms with Gasteiger partial charge >= 0.3 is 0 Å². The normalized spacial score (nSPS) is 13.1. The van der Waals surface area contributed by atoms with Gasteiger partial charge in [-0.25, -0.2) is 0 Å². The van der Waals surface area contributed by atoms with Gasteiger partial charge < -0.3 is 0 Å². The molecule has 0 saturated carbocycles. The summed E-state index contributed by atoms with van der Waals surface area (Å²) >= 11 is 0. The molecular weight excluding hydrogens is 196 g/mol. The summed E-state index contributed by atoms with van der Waals surface area (Å²) in [6.45, 7) is 3.93. The molecule has 82 valence electrons. The first-order chi connectivity index (χ1) is 7.83. The monoisotopic (exact) mass is 212 g/mol. The quantitative estimate of drug-likeness (QED) is 0.421. The Morgan fingerprint density at radius 3 is 2.31 bits per heavy atom. The molecule has 1 aromatic rings. The highest BCUT2D eigenvalue weighted by molar-refractivity contribution is 5.90. The lowest BCUT2D eigenvalue weighted by Gasteiger charge is -2.07. The van der Waals surface area contributed by atoms with Crippen LogP contribution >= 0.6 is 0 Å². The molecule has 0 radical (unpaired) electrons. The van der Waals surface area contributed by atoms with E-state index in [0.717, 1.165) is 23.0 Å². The Bertz CT molecular complexity index is 422. The maximum atomic E-state index is 10.7. The van der Waals surface area contributed by atoms with Gasteiger partial charge in [0.1, 0.15) is 6.29 Å². The Labute approximate surface area is 96.8 Å². The summed E-state index contributed by atoms with van der Waals surface area (Å²) in [5.41, 5.74) is 3.07. The summed E-state index contributed by atoms with van der Waals surface area (Å²) in [6.07, 6.45) is 8.40. The van der Waals surface area contributed by atoms with Crippen molar-refractivity contribution in [2.75, 3.05) is 0 Å². The molecule has 1 nitrogen and oxygen atoms in total. The first kappa shape index (κ1) is 12.2. The van der Waals surface area contributed by atoms with E-state index in [9.17, 15) is 4.79 Å². The highest BCUT2D eigenvalue weighted by Gasteiger charge is 2.03. The van der Waals surface area contributed by atoms with Crippen LogP contribution in [0.4, 0.5) is 0 Å². The summed E-state index contributed by atoms with van der Waals surface area (Å²) in [5.74, 6) is 0. The molecule has 16 heavy (non-hydrogen) atoms. The standard InChI is InChI=1S/C15H16O/c1-3-8-13(4-2)15(11-12-16)14-9-6-5-7-10-14/h3-12H,1-2H3/b8-3-,13-4+,15-11-. The third-order valence-corrected chi connectivity index (χ3v) is 2.29. The van der Waals surface area contributed by atoms with Crippen LogP contribution < -0.4 is 0 Å². The summed E-state index contributed by atoms with van der Waals surface area (Å²) in [5, 5.41) is 0. The van der Waals surface area contributed by atoms with E-state index in [0.29, 0.717) is 0 Å². The van der Waals surface area contributed by atoms with Gasteiger partial charge in [0.2, 0.25) is 0 Å². The highest BCUT2D eigenvalue weighted by Crippen LogP contribution is 2.23. The molecule has 0 saturated heterocycles. The van der Waals surface area contributed by atoms with Crippen molar-refractivity contribution in [3.05, 3.63) is 65.8 Å². The van der Waals surface area contributed by atoms with Gasteiger partial charge in [0.05, 0.1) is 0 Å². The van der Waals surface area contributed by atoms with Gasteiger partial charge in [-0.1, -0.05) is 48.6 Å². The first-order valence-electron chi connectivity index (χ1n) is 5.33. The van der Waals surface area contributed by atoms with Crippen molar-refractivity contribution < 1.29 is 4.79 Å². The van der Waals surface area contributed by atoms with E-state index in [4.69, 9.17) is 0 Å². The van der Waals surface area contributed by atoms with Gasteiger partial charge in [-0.2, -0.15) is 0 Å². The number of benzene rings is 1. The topological polar surface area (TPSA) is 17.1 Å². The number of carbonyl (C=O) groups is 1. The Kier molecular flexibility index (Phi) is 5.00. The second-order valence-electron chi connectivity index (χ2n) is 3.33. The highest BCUT2D eigenvalue weighted by atomic mass is 16.1. The molecule has 0 bridgehead atoms. The molecule has 0 aliphatic carbocycles. The molecule has 1 aromatic carbocycles. The molecule has 0 spiro atoms. The van der Waals surface area contributed by atoms with E-state index in [1.165, 1.54) is 0 Å². The number of hydrogen-bond donors (Lipinski definition) is 0. The van der Waals surface area contributed by atoms with Crippen molar-refractivity contribution in [1.29, 1.82) is 0 Å². The summed E-state index contributed by atoms with van der Waals surface area (Å²) in [4.78, 5) is 10.7. The lowest BCUT2D eigenvalue weighted by atomic mass is 9.97. The lowest BCUT2D eigenvalue weighted by molar-refractivity contribution is -0.104. The molecular formula is C15H16O. The molecule has 0 N–H and O–H groups in total. The van der Waals surface area contributed by atoms with Crippen LogP contribution in [0.1, 0.15) is 19.4 Å². The van der Waals surface area contributed by atoms with Crippen LogP contribution in [0.3, 0.4) is 0 Å². The van der Waals surface area contributed by atoms with E-state index in [2.05, 4.69) is 0 Å². The third kappa shape index (κ3) is 3.06. The average molecular weight is 212 g/mol. The fourth-order valence-electron chi connectivity index (χ4n) is 1.57.